The Bertz CT molecular complexity index is 956. The third-order valence-corrected chi connectivity index (χ3v) is 4.71. The predicted octanol–water partition coefficient (Wildman–Crippen LogP) is 4.50. The quantitative estimate of drug-likeness (QED) is 0.516. The minimum absolute atomic E-state index is 0.251. The molecule has 0 radical (unpaired) electrons. The molecule has 0 spiro atoms. The lowest BCUT2D eigenvalue weighted by Gasteiger charge is -2.31. The summed E-state index contributed by atoms with van der Waals surface area (Å²) in [6, 6.07) is 23.8. The largest absolute Gasteiger partial charge is 0.490 e. The summed E-state index contributed by atoms with van der Waals surface area (Å²) in [5, 5.41) is 10.8. The molecule has 0 bridgehead atoms. The van der Waals surface area contributed by atoms with Crippen LogP contribution in [0.15, 0.2) is 72.8 Å². The van der Waals surface area contributed by atoms with Gasteiger partial charge in [0, 0.05) is 27.8 Å². The number of aliphatic hydroxyl groups excluding tert-OH is 1. The van der Waals surface area contributed by atoms with E-state index in [1.54, 1.807) is 0 Å². The van der Waals surface area contributed by atoms with Crippen molar-refractivity contribution in [3.05, 3.63) is 89.5 Å². The number of hydrogen-bond donors (Lipinski definition) is 1. The van der Waals surface area contributed by atoms with E-state index in [0.717, 1.165) is 45.1 Å². The Morgan fingerprint density at radius 1 is 0.680 bits per heavy atom. The van der Waals surface area contributed by atoms with Crippen LogP contribution in [-0.2, 0) is 0 Å². The highest BCUT2D eigenvalue weighted by Gasteiger charge is 2.31. The fraction of sp³-hybridized carbons (Fsp3) is 0.0909. The Labute approximate surface area is 145 Å². The lowest BCUT2D eigenvalue weighted by molar-refractivity contribution is 0.142. The van der Waals surface area contributed by atoms with Crippen molar-refractivity contribution in [1.82, 2.24) is 0 Å². The van der Waals surface area contributed by atoms with E-state index in [1.165, 1.54) is 0 Å². The highest BCUT2D eigenvalue weighted by Crippen LogP contribution is 2.49. The fourth-order valence-electron chi connectivity index (χ4n) is 3.63. The molecule has 0 amide bonds. The van der Waals surface area contributed by atoms with E-state index in [2.05, 4.69) is 0 Å². The first-order valence-corrected chi connectivity index (χ1v) is 8.34. The molecule has 0 fully saturated rings. The summed E-state index contributed by atoms with van der Waals surface area (Å²) in [4.78, 5) is 0. The Morgan fingerprint density at radius 3 is 1.84 bits per heavy atom. The Morgan fingerprint density at radius 2 is 1.20 bits per heavy atom. The van der Waals surface area contributed by atoms with E-state index in [0.29, 0.717) is 0 Å². The molecule has 2 heterocycles. The van der Waals surface area contributed by atoms with E-state index in [-0.39, 0.29) is 6.61 Å². The van der Waals surface area contributed by atoms with Crippen molar-refractivity contribution < 1.29 is 14.6 Å². The number of para-hydroxylation sites is 3. The van der Waals surface area contributed by atoms with Crippen LogP contribution in [0.5, 0.6) is 17.2 Å². The van der Waals surface area contributed by atoms with Crippen LogP contribution in [0, 0.1) is 0 Å². The van der Waals surface area contributed by atoms with Gasteiger partial charge < -0.3 is 14.6 Å². The maximum absolute atomic E-state index is 10.8. The second-order valence-corrected chi connectivity index (χ2v) is 6.21. The molecule has 0 saturated carbocycles. The first-order valence-electron chi connectivity index (χ1n) is 8.34. The molecule has 1 atom stereocenters. The Balaban J connectivity index is 1.89. The average Bonchev–Trinajstić information content (AvgIpc) is 2.67. The summed E-state index contributed by atoms with van der Waals surface area (Å²) in [5.41, 5.74) is 4.83. The van der Waals surface area contributed by atoms with Crippen molar-refractivity contribution in [2.45, 2.75) is 6.10 Å². The molecule has 0 aliphatic carbocycles. The zero-order valence-corrected chi connectivity index (χ0v) is 13.5. The van der Waals surface area contributed by atoms with Crippen molar-refractivity contribution in [2.75, 3.05) is 6.61 Å². The minimum atomic E-state index is -0.691. The van der Waals surface area contributed by atoms with Gasteiger partial charge in [-0.15, -0.1) is 0 Å². The van der Waals surface area contributed by atoms with Gasteiger partial charge in [-0.3, -0.25) is 0 Å². The predicted molar refractivity (Wildman–Crippen MR) is 96.8 cm³/mol. The van der Waals surface area contributed by atoms with Crippen molar-refractivity contribution in [2.24, 2.45) is 0 Å². The summed E-state index contributed by atoms with van der Waals surface area (Å²) in [7, 11) is 0. The maximum Gasteiger partial charge on any atom is 0.135 e. The number of benzene rings is 3. The Kier molecular flexibility index (Phi) is 3.15. The number of fused-ring (bicyclic) bond motifs is 3. The molecule has 3 heteroatoms. The van der Waals surface area contributed by atoms with Crippen molar-refractivity contribution >= 4 is 11.1 Å². The van der Waals surface area contributed by atoms with Crippen LogP contribution in [0.4, 0.5) is 0 Å². The summed E-state index contributed by atoms with van der Waals surface area (Å²) < 4.78 is 11.8. The molecular weight excluding hydrogens is 312 g/mol. The van der Waals surface area contributed by atoms with Gasteiger partial charge in [0.05, 0.1) is 0 Å². The highest BCUT2D eigenvalue weighted by molar-refractivity contribution is 6.04. The molecule has 2 aliphatic rings. The molecule has 0 saturated heterocycles. The number of rotatable bonds is 0. The molecular formula is C22H16O3. The molecule has 122 valence electrons. The Hall–Kier alpha value is -3.04. The lowest BCUT2D eigenvalue weighted by Crippen LogP contribution is -2.26. The summed E-state index contributed by atoms with van der Waals surface area (Å²) in [6.07, 6.45) is -0.691. The van der Waals surface area contributed by atoms with Gasteiger partial charge in [-0.2, -0.15) is 0 Å². The smallest absolute Gasteiger partial charge is 0.135 e. The highest BCUT2D eigenvalue weighted by atomic mass is 16.5. The molecule has 3 aromatic rings. The van der Waals surface area contributed by atoms with Gasteiger partial charge in [-0.25, -0.2) is 0 Å². The average molecular weight is 328 g/mol. The van der Waals surface area contributed by atoms with Crippen LogP contribution in [0.1, 0.15) is 16.7 Å². The van der Waals surface area contributed by atoms with Gasteiger partial charge >= 0.3 is 0 Å². The summed E-state index contributed by atoms with van der Waals surface area (Å²) in [5.74, 6) is 2.41. The van der Waals surface area contributed by atoms with Crippen LogP contribution in [0.3, 0.4) is 0 Å². The SMILES string of the molecule is O[C@@H]1COc2ccccc2C1=C1c2ccccc2Oc2ccccc21. The van der Waals surface area contributed by atoms with Gasteiger partial charge in [0.2, 0.25) is 0 Å². The van der Waals surface area contributed by atoms with E-state index in [9.17, 15) is 5.11 Å². The number of aliphatic hydroxyl groups is 1. The van der Waals surface area contributed by atoms with Crippen molar-refractivity contribution in [3.63, 3.8) is 0 Å². The lowest BCUT2D eigenvalue weighted by atomic mass is 9.84. The monoisotopic (exact) mass is 328 g/mol. The van der Waals surface area contributed by atoms with E-state index in [4.69, 9.17) is 9.47 Å². The van der Waals surface area contributed by atoms with Gasteiger partial charge in [0.15, 0.2) is 0 Å². The van der Waals surface area contributed by atoms with Crippen molar-refractivity contribution in [1.29, 1.82) is 0 Å². The second kappa shape index (κ2) is 5.50. The van der Waals surface area contributed by atoms with Crippen LogP contribution in [0.25, 0.3) is 11.1 Å². The maximum atomic E-state index is 10.8. The minimum Gasteiger partial charge on any atom is -0.490 e. The normalized spacial score (nSPS) is 17.7. The summed E-state index contributed by atoms with van der Waals surface area (Å²) in [6.45, 7) is 0.251. The third kappa shape index (κ3) is 2.17. The zero-order chi connectivity index (χ0) is 16.8. The number of ether oxygens (including phenoxy) is 2. The molecule has 0 aromatic heterocycles. The first-order chi connectivity index (χ1) is 12.3. The van der Waals surface area contributed by atoms with Crippen LogP contribution in [-0.4, -0.2) is 17.8 Å². The van der Waals surface area contributed by atoms with Crippen LogP contribution >= 0.6 is 0 Å². The second-order valence-electron chi connectivity index (χ2n) is 6.21. The molecule has 25 heavy (non-hydrogen) atoms. The van der Waals surface area contributed by atoms with Gasteiger partial charge in [0.25, 0.3) is 0 Å². The van der Waals surface area contributed by atoms with Gasteiger partial charge in [0.1, 0.15) is 30.0 Å². The molecule has 2 aliphatic heterocycles. The van der Waals surface area contributed by atoms with Crippen LogP contribution in [0.2, 0.25) is 0 Å². The molecule has 0 unspecified atom stereocenters. The van der Waals surface area contributed by atoms with E-state index >= 15 is 0 Å². The first kappa shape index (κ1) is 14.3. The van der Waals surface area contributed by atoms with E-state index < -0.39 is 6.10 Å². The van der Waals surface area contributed by atoms with Gasteiger partial charge in [-0.05, 0) is 18.2 Å². The molecule has 3 aromatic carbocycles. The molecule has 3 nitrogen and oxygen atoms in total. The standard InChI is InChI=1S/C22H16O3/c23-17-13-24-18-10-4-1-7-14(18)22(17)21-15-8-2-5-11-19(15)25-20-12-6-3-9-16(20)21/h1-12,17,23H,13H2/t17-/m1/s1. The third-order valence-electron chi connectivity index (χ3n) is 4.71. The van der Waals surface area contributed by atoms with E-state index in [1.807, 2.05) is 72.8 Å². The molecule has 5 rings (SSSR count). The van der Waals surface area contributed by atoms with Crippen LogP contribution < -0.4 is 9.47 Å². The number of hydrogen-bond acceptors (Lipinski definition) is 3. The fourth-order valence-corrected chi connectivity index (χ4v) is 3.63. The topological polar surface area (TPSA) is 38.7 Å². The van der Waals surface area contributed by atoms with Gasteiger partial charge in [-0.1, -0.05) is 54.6 Å². The molecule has 1 N–H and O–H groups in total. The summed E-state index contributed by atoms with van der Waals surface area (Å²) >= 11 is 0. The van der Waals surface area contributed by atoms with Crippen molar-refractivity contribution in [3.8, 4) is 17.2 Å². The zero-order valence-electron chi connectivity index (χ0n) is 13.5.